The van der Waals surface area contributed by atoms with Crippen molar-refractivity contribution in [2.24, 2.45) is 0 Å². The molecule has 1 aromatic rings. The van der Waals surface area contributed by atoms with Gasteiger partial charge in [0.15, 0.2) is 0 Å². The van der Waals surface area contributed by atoms with Gasteiger partial charge < -0.3 is 15.4 Å². The number of nitrogens with one attached hydrogen (secondary N) is 1. The number of hydrogen-bond acceptors (Lipinski definition) is 6. The predicted molar refractivity (Wildman–Crippen MR) is 72.7 cm³/mol. The normalized spacial score (nSPS) is 16.9. The van der Waals surface area contributed by atoms with E-state index in [1.54, 1.807) is 0 Å². The highest BCUT2D eigenvalue weighted by molar-refractivity contribution is 5.95. The zero-order valence-corrected chi connectivity index (χ0v) is 11.1. The van der Waals surface area contributed by atoms with Gasteiger partial charge in [-0.05, 0) is 19.2 Å². The maximum Gasteiger partial charge on any atom is 0.342 e. The molecule has 1 aliphatic rings. The lowest BCUT2D eigenvalue weighted by atomic mass is 10.1. The van der Waals surface area contributed by atoms with Crippen molar-refractivity contribution in [2.45, 2.75) is 0 Å². The first-order valence-corrected chi connectivity index (χ1v) is 6.20. The van der Waals surface area contributed by atoms with Crippen LogP contribution in [0.25, 0.3) is 0 Å². The number of para-hydroxylation sites is 1. The third-order valence-electron chi connectivity index (χ3n) is 3.23. The maximum atomic E-state index is 11.1. The molecule has 108 valence electrons. The second-order valence-electron chi connectivity index (χ2n) is 4.67. The van der Waals surface area contributed by atoms with Gasteiger partial charge in [0.2, 0.25) is 0 Å². The quantitative estimate of drug-likeness (QED) is 0.623. The van der Waals surface area contributed by atoms with E-state index in [-0.39, 0.29) is 11.3 Å². The van der Waals surface area contributed by atoms with Crippen LogP contribution < -0.4 is 5.43 Å². The van der Waals surface area contributed by atoms with Crippen molar-refractivity contribution in [1.29, 1.82) is 0 Å². The monoisotopic (exact) mass is 280 g/mol. The molecule has 8 heteroatoms. The number of nitrogens with zero attached hydrogens (tertiary/aromatic N) is 3. The standard InChI is InChI=1S/C12H16N4O4/c1-14-5-7-15(8-6-14)13-10-4-2-3-9(12(17)18)11(10)16(19)20/h2-4,13H,5-8H2,1H3,(H,17,18). The van der Waals surface area contributed by atoms with Gasteiger partial charge in [-0.25, -0.2) is 9.80 Å². The van der Waals surface area contributed by atoms with Crippen molar-refractivity contribution >= 4 is 17.3 Å². The number of carbonyl (C=O) groups is 1. The molecule has 0 bridgehead atoms. The summed E-state index contributed by atoms with van der Waals surface area (Å²) in [5.41, 5.74) is 2.44. The highest BCUT2D eigenvalue weighted by atomic mass is 16.6. The fourth-order valence-corrected chi connectivity index (χ4v) is 2.09. The molecule has 1 saturated heterocycles. The minimum atomic E-state index is -1.31. The molecule has 1 heterocycles. The first-order valence-electron chi connectivity index (χ1n) is 6.20. The highest BCUT2D eigenvalue weighted by Crippen LogP contribution is 2.29. The van der Waals surface area contributed by atoms with Crippen LogP contribution in [-0.2, 0) is 0 Å². The van der Waals surface area contributed by atoms with E-state index in [1.165, 1.54) is 18.2 Å². The topological polar surface area (TPSA) is 99.0 Å². The molecule has 0 atom stereocenters. The van der Waals surface area contributed by atoms with Crippen molar-refractivity contribution in [2.75, 3.05) is 38.7 Å². The van der Waals surface area contributed by atoms with Crippen molar-refractivity contribution in [3.8, 4) is 0 Å². The Bertz CT molecular complexity index is 526. The van der Waals surface area contributed by atoms with E-state index in [2.05, 4.69) is 10.3 Å². The molecule has 1 aromatic carbocycles. The lowest BCUT2D eigenvalue weighted by molar-refractivity contribution is -0.384. The van der Waals surface area contributed by atoms with Crippen LogP contribution in [0, 0.1) is 10.1 Å². The molecule has 2 N–H and O–H groups in total. The molecule has 0 amide bonds. The summed E-state index contributed by atoms with van der Waals surface area (Å²) in [5.74, 6) is -1.31. The van der Waals surface area contributed by atoms with E-state index in [9.17, 15) is 14.9 Å². The van der Waals surface area contributed by atoms with E-state index in [0.29, 0.717) is 13.1 Å². The number of anilines is 1. The summed E-state index contributed by atoms with van der Waals surface area (Å²) in [5, 5.41) is 22.0. The van der Waals surface area contributed by atoms with Gasteiger partial charge in [-0.15, -0.1) is 0 Å². The third-order valence-corrected chi connectivity index (χ3v) is 3.23. The number of rotatable bonds is 4. The minimum absolute atomic E-state index is 0.208. The van der Waals surface area contributed by atoms with Gasteiger partial charge in [0, 0.05) is 26.2 Å². The van der Waals surface area contributed by atoms with E-state index >= 15 is 0 Å². The van der Waals surface area contributed by atoms with Gasteiger partial charge >= 0.3 is 11.7 Å². The molecule has 2 rings (SSSR count). The molecule has 20 heavy (non-hydrogen) atoms. The molecule has 1 fully saturated rings. The highest BCUT2D eigenvalue weighted by Gasteiger charge is 2.25. The summed E-state index contributed by atoms with van der Waals surface area (Å²) in [7, 11) is 2.00. The van der Waals surface area contributed by atoms with Crippen LogP contribution in [0.1, 0.15) is 10.4 Å². The molecular weight excluding hydrogens is 264 g/mol. The number of carboxylic acids is 1. The minimum Gasteiger partial charge on any atom is -0.477 e. The first kappa shape index (κ1) is 14.2. The smallest absolute Gasteiger partial charge is 0.342 e. The van der Waals surface area contributed by atoms with Crippen molar-refractivity contribution < 1.29 is 14.8 Å². The van der Waals surface area contributed by atoms with Crippen molar-refractivity contribution in [3.63, 3.8) is 0 Å². The van der Waals surface area contributed by atoms with Crippen LogP contribution in [0.2, 0.25) is 0 Å². The SMILES string of the molecule is CN1CCN(Nc2cccc(C(=O)O)c2[N+](=O)[O-])CC1. The van der Waals surface area contributed by atoms with E-state index < -0.39 is 16.6 Å². The molecule has 0 radical (unpaired) electrons. The Labute approximate surface area is 115 Å². The molecular formula is C12H16N4O4. The molecule has 0 unspecified atom stereocenters. The van der Waals surface area contributed by atoms with Crippen LogP contribution in [0.15, 0.2) is 18.2 Å². The number of benzene rings is 1. The lowest BCUT2D eigenvalue weighted by Crippen LogP contribution is -2.47. The zero-order valence-electron chi connectivity index (χ0n) is 11.1. The summed E-state index contributed by atoms with van der Waals surface area (Å²) in [6.45, 7) is 3.12. The number of carboxylic acid groups (broad SMARTS) is 1. The number of hydrogen-bond donors (Lipinski definition) is 2. The fourth-order valence-electron chi connectivity index (χ4n) is 2.09. The van der Waals surface area contributed by atoms with Gasteiger partial charge in [-0.1, -0.05) is 6.07 Å². The predicted octanol–water partition coefficient (Wildman–Crippen LogP) is 0.867. The van der Waals surface area contributed by atoms with Crippen LogP contribution in [0.5, 0.6) is 0 Å². The van der Waals surface area contributed by atoms with Crippen molar-refractivity contribution in [1.82, 2.24) is 9.91 Å². The molecule has 0 spiro atoms. The van der Waals surface area contributed by atoms with Gasteiger partial charge in [0.05, 0.1) is 4.92 Å². The number of nitro benzene ring substituents is 1. The average Bonchev–Trinajstić information content (AvgIpc) is 2.40. The van der Waals surface area contributed by atoms with Gasteiger partial charge in [0.25, 0.3) is 0 Å². The Balaban J connectivity index is 2.25. The Kier molecular flexibility index (Phi) is 4.16. The molecule has 0 aliphatic carbocycles. The maximum absolute atomic E-state index is 11.1. The third kappa shape index (κ3) is 3.03. The number of hydrazine groups is 1. The largest absolute Gasteiger partial charge is 0.477 e. The van der Waals surface area contributed by atoms with Gasteiger partial charge in [-0.2, -0.15) is 0 Å². The van der Waals surface area contributed by atoms with Crippen LogP contribution in [0.4, 0.5) is 11.4 Å². The Hall–Kier alpha value is -2.19. The molecule has 8 nitrogen and oxygen atoms in total. The molecule has 1 aliphatic heterocycles. The molecule has 0 aromatic heterocycles. The van der Waals surface area contributed by atoms with E-state index in [4.69, 9.17) is 5.11 Å². The van der Waals surface area contributed by atoms with Gasteiger partial charge in [-0.3, -0.25) is 10.1 Å². The van der Waals surface area contributed by atoms with Crippen molar-refractivity contribution in [3.05, 3.63) is 33.9 Å². The van der Waals surface area contributed by atoms with Crippen LogP contribution in [0.3, 0.4) is 0 Å². The summed E-state index contributed by atoms with van der Waals surface area (Å²) in [4.78, 5) is 23.7. The summed E-state index contributed by atoms with van der Waals surface area (Å²) < 4.78 is 0. The second-order valence-corrected chi connectivity index (χ2v) is 4.67. The molecule has 0 saturated carbocycles. The summed E-state index contributed by atoms with van der Waals surface area (Å²) in [6.07, 6.45) is 0. The number of likely N-dealkylation sites (N-methyl/N-ethyl adjacent to an activating group) is 1. The van der Waals surface area contributed by atoms with E-state index in [1.807, 2.05) is 12.1 Å². The zero-order chi connectivity index (χ0) is 14.7. The summed E-state index contributed by atoms with van der Waals surface area (Å²) >= 11 is 0. The second kappa shape index (κ2) is 5.85. The first-order chi connectivity index (χ1) is 9.49. The van der Waals surface area contributed by atoms with Gasteiger partial charge in [0.1, 0.15) is 11.3 Å². The number of nitro groups is 1. The average molecular weight is 280 g/mol. The van der Waals surface area contributed by atoms with Crippen LogP contribution >= 0.6 is 0 Å². The number of piperazine rings is 1. The van der Waals surface area contributed by atoms with E-state index in [0.717, 1.165) is 13.1 Å². The Morgan fingerprint density at radius 1 is 1.35 bits per heavy atom. The fraction of sp³-hybridized carbons (Fsp3) is 0.417. The number of aromatic carboxylic acids is 1. The summed E-state index contributed by atoms with van der Waals surface area (Å²) in [6, 6.07) is 4.24. The Morgan fingerprint density at radius 3 is 2.55 bits per heavy atom. The lowest BCUT2D eigenvalue weighted by Gasteiger charge is -2.32. The van der Waals surface area contributed by atoms with Crippen LogP contribution in [-0.4, -0.2) is 59.1 Å². The Morgan fingerprint density at radius 2 is 2.00 bits per heavy atom.